The molecule has 28 heavy (non-hydrogen) atoms. The Kier molecular flexibility index (Phi) is 6.89. The molecule has 0 aromatic carbocycles. The van der Waals surface area contributed by atoms with Crippen molar-refractivity contribution in [2.75, 3.05) is 39.3 Å². The Balaban J connectivity index is 1.33. The fraction of sp³-hybridized carbons (Fsp3) is 0.909. The van der Waals surface area contributed by atoms with Crippen LogP contribution in [0, 0.1) is 0 Å². The van der Waals surface area contributed by atoms with Gasteiger partial charge in [-0.1, -0.05) is 32.1 Å². The molecule has 6 heteroatoms. The minimum absolute atomic E-state index is 0.0603. The summed E-state index contributed by atoms with van der Waals surface area (Å²) in [6, 6.07) is 0.961. The Morgan fingerprint density at radius 2 is 1.54 bits per heavy atom. The van der Waals surface area contributed by atoms with Crippen LogP contribution in [0.25, 0.3) is 0 Å². The fourth-order valence-electron chi connectivity index (χ4n) is 5.91. The van der Waals surface area contributed by atoms with Gasteiger partial charge in [0.15, 0.2) is 0 Å². The number of rotatable bonds is 4. The minimum Gasteiger partial charge on any atom is -0.353 e. The lowest BCUT2D eigenvalue weighted by Gasteiger charge is -2.39. The first-order valence-corrected chi connectivity index (χ1v) is 11.8. The summed E-state index contributed by atoms with van der Waals surface area (Å²) in [4.78, 5) is 32.7. The number of hydrogen-bond acceptors (Lipinski definition) is 4. The Hall–Kier alpha value is -1.14. The Labute approximate surface area is 170 Å². The number of piperazine rings is 1. The first-order chi connectivity index (χ1) is 13.7. The second kappa shape index (κ2) is 9.57. The van der Waals surface area contributed by atoms with Gasteiger partial charge in [-0.15, -0.1) is 0 Å². The van der Waals surface area contributed by atoms with Crippen LogP contribution in [0.15, 0.2) is 0 Å². The van der Waals surface area contributed by atoms with Crippen molar-refractivity contribution in [3.8, 4) is 0 Å². The van der Waals surface area contributed by atoms with E-state index in [1.807, 2.05) is 4.90 Å². The highest BCUT2D eigenvalue weighted by molar-refractivity contribution is 5.89. The second-order valence-corrected chi connectivity index (χ2v) is 9.25. The van der Waals surface area contributed by atoms with Crippen molar-refractivity contribution in [2.24, 2.45) is 0 Å². The lowest BCUT2D eigenvalue weighted by atomic mass is 9.94. The lowest BCUT2D eigenvalue weighted by Crippen LogP contribution is -2.59. The average Bonchev–Trinajstić information content (AvgIpc) is 3.14. The van der Waals surface area contributed by atoms with Gasteiger partial charge in [0.1, 0.15) is 0 Å². The van der Waals surface area contributed by atoms with Gasteiger partial charge < -0.3 is 10.2 Å². The van der Waals surface area contributed by atoms with Crippen LogP contribution in [-0.2, 0) is 9.59 Å². The number of carbonyl (C=O) groups is 2. The highest BCUT2D eigenvalue weighted by atomic mass is 16.2. The smallest absolute Gasteiger partial charge is 0.237 e. The largest absolute Gasteiger partial charge is 0.353 e. The van der Waals surface area contributed by atoms with Gasteiger partial charge in [-0.3, -0.25) is 19.4 Å². The number of amides is 2. The molecule has 0 aromatic rings. The molecule has 2 aliphatic carbocycles. The van der Waals surface area contributed by atoms with E-state index in [9.17, 15) is 9.59 Å². The van der Waals surface area contributed by atoms with Crippen molar-refractivity contribution in [1.82, 2.24) is 20.0 Å². The molecule has 4 fully saturated rings. The van der Waals surface area contributed by atoms with E-state index in [2.05, 4.69) is 15.1 Å². The van der Waals surface area contributed by atoms with Crippen LogP contribution in [0.4, 0.5) is 0 Å². The van der Waals surface area contributed by atoms with Gasteiger partial charge in [-0.2, -0.15) is 0 Å². The van der Waals surface area contributed by atoms with Gasteiger partial charge in [0, 0.05) is 51.4 Å². The molecule has 2 saturated carbocycles. The van der Waals surface area contributed by atoms with Crippen LogP contribution in [-0.4, -0.2) is 83.9 Å². The third kappa shape index (κ3) is 4.70. The Morgan fingerprint density at radius 1 is 0.821 bits per heavy atom. The van der Waals surface area contributed by atoms with E-state index in [0.717, 1.165) is 51.7 Å². The van der Waals surface area contributed by atoms with Crippen molar-refractivity contribution >= 4 is 11.8 Å². The summed E-state index contributed by atoms with van der Waals surface area (Å²) >= 11 is 0. The molecule has 0 spiro atoms. The molecule has 0 unspecified atom stereocenters. The molecule has 1 N–H and O–H groups in total. The highest BCUT2D eigenvalue weighted by Crippen LogP contribution is 2.28. The molecule has 0 bridgehead atoms. The number of hydrogen-bond donors (Lipinski definition) is 1. The summed E-state index contributed by atoms with van der Waals surface area (Å²) in [5.74, 6) is 0.237. The summed E-state index contributed by atoms with van der Waals surface area (Å²) in [7, 11) is 0. The van der Waals surface area contributed by atoms with Gasteiger partial charge in [0.05, 0.1) is 12.5 Å². The number of nitrogens with one attached hydrogen (secondary N) is 1. The van der Waals surface area contributed by atoms with E-state index in [1.54, 1.807) is 0 Å². The molecule has 2 saturated heterocycles. The summed E-state index contributed by atoms with van der Waals surface area (Å²) in [6.07, 6.45) is 13.0. The van der Waals surface area contributed by atoms with Gasteiger partial charge in [-0.25, -0.2) is 0 Å². The quantitative estimate of drug-likeness (QED) is 0.798. The molecule has 0 aromatic heterocycles. The van der Waals surface area contributed by atoms with E-state index in [4.69, 9.17) is 0 Å². The van der Waals surface area contributed by atoms with Crippen LogP contribution >= 0.6 is 0 Å². The normalized spacial score (nSPS) is 29.6. The molecule has 2 heterocycles. The molecule has 2 amide bonds. The summed E-state index contributed by atoms with van der Waals surface area (Å²) in [5.41, 5.74) is 0. The van der Waals surface area contributed by atoms with E-state index >= 15 is 0 Å². The van der Waals surface area contributed by atoms with Gasteiger partial charge in [0.2, 0.25) is 11.8 Å². The monoisotopic (exact) mass is 390 g/mol. The van der Waals surface area contributed by atoms with Crippen LogP contribution in [0.5, 0.6) is 0 Å². The number of carbonyl (C=O) groups excluding carboxylic acids is 2. The first kappa shape index (κ1) is 20.1. The summed E-state index contributed by atoms with van der Waals surface area (Å²) in [5, 5.41) is 3.00. The Morgan fingerprint density at radius 3 is 2.32 bits per heavy atom. The van der Waals surface area contributed by atoms with Crippen molar-refractivity contribution in [2.45, 2.75) is 88.8 Å². The van der Waals surface area contributed by atoms with E-state index in [0.29, 0.717) is 12.5 Å². The maximum Gasteiger partial charge on any atom is 0.237 e. The number of nitrogens with zero attached hydrogens (tertiary/aromatic N) is 3. The average molecular weight is 391 g/mol. The van der Waals surface area contributed by atoms with Crippen molar-refractivity contribution in [3.05, 3.63) is 0 Å². The van der Waals surface area contributed by atoms with E-state index in [-0.39, 0.29) is 17.9 Å². The molecule has 1 atom stereocenters. The zero-order chi connectivity index (χ0) is 19.3. The van der Waals surface area contributed by atoms with Crippen LogP contribution in [0.2, 0.25) is 0 Å². The van der Waals surface area contributed by atoms with Gasteiger partial charge >= 0.3 is 0 Å². The first-order valence-electron chi connectivity index (χ1n) is 11.8. The topological polar surface area (TPSA) is 55.9 Å². The predicted octanol–water partition coefficient (Wildman–Crippen LogP) is 1.99. The second-order valence-electron chi connectivity index (χ2n) is 9.25. The molecule has 0 radical (unpaired) electrons. The standard InChI is InChI=1S/C22H38N4O2/c27-21(17-20-22(28)23-11-14-26(20)19-9-4-5-10-19)25-13-6-12-24(15-16-25)18-7-2-1-3-8-18/h18-20H,1-17H2,(H,23,28)/t20-/m1/s1. The molecule has 2 aliphatic heterocycles. The van der Waals surface area contributed by atoms with Crippen molar-refractivity contribution < 1.29 is 9.59 Å². The lowest BCUT2D eigenvalue weighted by molar-refractivity contribution is -0.139. The van der Waals surface area contributed by atoms with Gasteiger partial charge in [-0.05, 0) is 32.1 Å². The molecular weight excluding hydrogens is 352 g/mol. The van der Waals surface area contributed by atoms with Crippen molar-refractivity contribution in [1.29, 1.82) is 0 Å². The van der Waals surface area contributed by atoms with E-state index < -0.39 is 0 Å². The van der Waals surface area contributed by atoms with Crippen LogP contribution in [0.1, 0.15) is 70.6 Å². The Bertz CT molecular complexity index is 543. The van der Waals surface area contributed by atoms with Crippen LogP contribution < -0.4 is 5.32 Å². The van der Waals surface area contributed by atoms with Crippen LogP contribution in [0.3, 0.4) is 0 Å². The third-order valence-electron chi connectivity index (χ3n) is 7.51. The fourth-order valence-corrected chi connectivity index (χ4v) is 5.91. The van der Waals surface area contributed by atoms with E-state index in [1.165, 1.54) is 57.8 Å². The minimum atomic E-state index is -0.262. The zero-order valence-corrected chi connectivity index (χ0v) is 17.4. The summed E-state index contributed by atoms with van der Waals surface area (Å²) < 4.78 is 0. The van der Waals surface area contributed by atoms with Gasteiger partial charge in [0.25, 0.3) is 0 Å². The molecule has 158 valence electrons. The SMILES string of the molecule is O=C1NCCN(C2CCCC2)[C@@H]1CC(=O)N1CCCN(C2CCCCC2)CC1. The highest BCUT2D eigenvalue weighted by Gasteiger charge is 2.37. The summed E-state index contributed by atoms with van der Waals surface area (Å²) in [6.45, 7) is 5.41. The molecule has 6 nitrogen and oxygen atoms in total. The molecule has 4 rings (SSSR count). The molecular formula is C22H38N4O2. The maximum atomic E-state index is 13.1. The third-order valence-corrected chi connectivity index (χ3v) is 7.51. The zero-order valence-electron chi connectivity index (χ0n) is 17.4. The predicted molar refractivity (Wildman–Crippen MR) is 110 cm³/mol. The maximum absolute atomic E-state index is 13.1. The molecule has 4 aliphatic rings. The van der Waals surface area contributed by atoms with Crippen molar-refractivity contribution in [3.63, 3.8) is 0 Å².